The minimum atomic E-state index is -3.50. The molecule has 0 saturated carbocycles. The summed E-state index contributed by atoms with van der Waals surface area (Å²) in [6.45, 7) is 0.160. The van der Waals surface area contributed by atoms with E-state index in [0.29, 0.717) is 15.7 Å². The van der Waals surface area contributed by atoms with E-state index in [1.54, 1.807) is 17.5 Å². The molecule has 1 aromatic carbocycles. The van der Waals surface area contributed by atoms with Gasteiger partial charge in [0.2, 0.25) is 10.0 Å². The lowest BCUT2D eigenvalue weighted by atomic mass is 10.1. The quantitative estimate of drug-likeness (QED) is 0.900. The maximum atomic E-state index is 12.2. The molecule has 1 aromatic heterocycles. The Labute approximate surface area is 121 Å². The number of fused-ring (bicyclic) bond motifs is 1. The van der Waals surface area contributed by atoms with Crippen LogP contribution in [0.3, 0.4) is 0 Å². The largest absolute Gasteiger partial charge is 0.375 e. The van der Waals surface area contributed by atoms with E-state index in [-0.39, 0.29) is 6.54 Å². The molecule has 0 fully saturated rings. The van der Waals surface area contributed by atoms with Crippen molar-refractivity contribution < 1.29 is 8.42 Å². The standard InChI is InChI=1S/C13H15N3O2S2/c14-13-16-11(8-19-13)7-15-20(17,18)12-5-4-9-2-1-3-10(9)6-12/h4-6,8,15H,1-3,7H2,(H2,14,16). The third-order valence-corrected chi connectivity index (χ3v) is 5.51. The summed E-state index contributed by atoms with van der Waals surface area (Å²) in [5.41, 5.74) is 8.56. The van der Waals surface area contributed by atoms with Crippen LogP contribution in [0.2, 0.25) is 0 Å². The number of nitrogens with zero attached hydrogens (tertiary/aromatic N) is 1. The molecular formula is C13H15N3O2S2. The van der Waals surface area contributed by atoms with Gasteiger partial charge in [0.05, 0.1) is 17.1 Å². The Balaban J connectivity index is 1.78. The number of benzene rings is 1. The zero-order chi connectivity index (χ0) is 14.2. The second kappa shape index (κ2) is 5.16. The molecule has 20 heavy (non-hydrogen) atoms. The molecule has 0 amide bonds. The van der Waals surface area contributed by atoms with E-state index < -0.39 is 10.0 Å². The maximum Gasteiger partial charge on any atom is 0.240 e. The van der Waals surface area contributed by atoms with E-state index in [1.165, 1.54) is 16.9 Å². The van der Waals surface area contributed by atoms with Gasteiger partial charge in [0, 0.05) is 5.38 Å². The number of hydrogen-bond donors (Lipinski definition) is 2. The van der Waals surface area contributed by atoms with Crippen LogP contribution in [0.4, 0.5) is 5.13 Å². The number of hydrogen-bond acceptors (Lipinski definition) is 5. The van der Waals surface area contributed by atoms with Gasteiger partial charge in [-0.2, -0.15) is 0 Å². The van der Waals surface area contributed by atoms with Gasteiger partial charge in [0.25, 0.3) is 0 Å². The van der Waals surface area contributed by atoms with Crippen molar-refractivity contribution in [2.75, 3.05) is 5.73 Å². The average molecular weight is 309 g/mol. The summed E-state index contributed by atoms with van der Waals surface area (Å²) in [7, 11) is -3.50. The molecule has 0 bridgehead atoms. The lowest BCUT2D eigenvalue weighted by Gasteiger charge is -2.07. The summed E-state index contributed by atoms with van der Waals surface area (Å²) < 4.78 is 27.0. The number of sulfonamides is 1. The number of aromatic nitrogens is 1. The summed E-state index contributed by atoms with van der Waals surface area (Å²) in [6.07, 6.45) is 3.10. The topological polar surface area (TPSA) is 85.1 Å². The highest BCUT2D eigenvalue weighted by atomic mass is 32.2. The molecule has 0 unspecified atom stereocenters. The first-order valence-electron chi connectivity index (χ1n) is 6.36. The molecule has 0 spiro atoms. The van der Waals surface area contributed by atoms with Crippen LogP contribution in [-0.2, 0) is 29.4 Å². The summed E-state index contributed by atoms with van der Waals surface area (Å²) in [6, 6.07) is 5.36. The molecule has 1 aliphatic rings. The van der Waals surface area contributed by atoms with Crippen molar-refractivity contribution in [1.82, 2.24) is 9.71 Å². The third kappa shape index (κ3) is 2.70. The van der Waals surface area contributed by atoms with Gasteiger partial charge in [0.1, 0.15) is 0 Å². The Hall–Kier alpha value is -1.44. The van der Waals surface area contributed by atoms with Crippen LogP contribution >= 0.6 is 11.3 Å². The van der Waals surface area contributed by atoms with Crippen LogP contribution in [0, 0.1) is 0 Å². The zero-order valence-corrected chi connectivity index (χ0v) is 12.4. The molecule has 7 heteroatoms. The second-order valence-corrected chi connectivity index (χ2v) is 7.44. The van der Waals surface area contributed by atoms with Crippen LogP contribution in [-0.4, -0.2) is 13.4 Å². The van der Waals surface area contributed by atoms with E-state index in [2.05, 4.69) is 9.71 Å². The molecule has 0 radical (unpaired) electrons. The Morgan fingerprint density at radius 2 is 2.10 bits per heavy atom. The van der Waals surface area contributed by atoms with E-state index in [4.69, 9.17) is 5.73 Å². The van der Waals surface area contributed by atoms with E-state index in [9.17, 15) is 8.42 Å². The minimum absolute atomic E-state index is 0.160. The SMILES string of the molecule is Nc1nc(CNS(=O)(=O)c2ccc3c(c2)CCC3)cs1. The number of rotatable bonds is 4. The van der Waals surface area contributed by atoms with Gasteiger partial charge in [-0.25, -0.2) is 18.1 Å². The van der Waals surface area contributed by atoms with Crippen molar-refractivity contribution in [3.63, 3.8) is 0 Å². The highest BCUT2D eigenvalue weighted by Gasteiger charge is 2.18. The molecule has 5 nitrogen and oxygen atoms in total. The zero-order valence-electron chi connectivity index (χ0n) is 10.8. The average Bonchev–Trinajstić information content (AvgIpc) is 3.04. The van der Waals surface area contributed by atoms with Crippen LogP contribution < -0.4 is 10.5 Å². The Morgan fingerprint density at radius 3 is 2.85 bits per heavy atom. The molecule has 0 aliphatic heterocycles. The van der Waals surface area contributed by atoms with Crippen molar-refractivity contribution in [3.8, 4) is 0 Å². The number of nitrogens with one attached hydrogen (secondary N) is 1. The normalized spacial score (nSPS) is 14.4. The Bertz CT molecular complexity index is 738. The first kappa shape index (κ1) is 13.5. The summed E-state index contributed by atoms with van der Waals surface area (Å²) in [4.78, 5) is 4.36. The van der Waals surface area contributed by atoms with Gasteiger partial charge in [-0.05, 0) is 42.5 Å². The number of anilines is 1. The fourth-order valence-electron chi connectivity index (χ4n) is 2.37. The second-order valence-electron chi connectivity index (χ2n) is 4.79. The first-order chi connectivity index (χ1) is 9.54. The Morgan fingerprint density at radius 1 is 1.30 bits per heavy atom. The third-order valence-electron chi connectivity index (χ3n) is 3.39. The molecule has 2 aromatic rings. The summed E-state index contributed by atoms with van der Waals surface area (Å²) >= 11 is 1.30. The van der Waals surface area contributed by atoms with Crippen molar-refractivity contribution >= 4 is 26.5 Å². The fraction of sp³-hybridized carbons (Fsp3) is 0.308. The molecule has 106 valence electrons. The molecule has 1 aliphatic carbocycles. The van der Waals surface area contributed by atoms with Crippen molar-refractivity contribution in [1.29, 1.82) is 0 Å². The predicted molar refractivity (Wildman–Crippen MR) is 79.0 cm³/mol. The summed E-state index contributed by atoms with van der Waals surface area (Å²) in [5, 5.41) is 2.19. The molecule has 3 N–H and O–H groups in total. The fourth-order valence-corrected chi connectivity index (χ4v) is 3.98. The van der Waals surface area contributed by atoms with Crippen LogP contribution in [0.15, 0.2) is 28.5 Å². The monoisotopic (exact) mass is 309 g/mol. The van der Waals surface area contributed by atoms with Crippen LogP contribution in [0.1, 0.15) is 23.2 Å². The molecule has 3 rings (SSSR count). The molecule has 1 heterocycles. The smallest absolute Gasteiger partial charge is 0.240 e. The maximum absolute atomic E-state index is 12.2. The number of thiazole rings is 1. The predicted octanol–water partition coefficient (Wildman–Crippen LogP) is 1.69. The van der Waals surface area contributed by atoms with Crippen LogP contribution in [0.5, 0.6) is 0 Å². The lowest BCUT2D eigenvalue weighted by molar-refractivity contribution is 0.580. The summed E-state index contributed by atoms with van der Waals surface area (Å²) in [5.74, 6) is 0. The van der Waals surface area contributed by atoms with E-state index >= 15 is 0 Å². The van der Waals surface area contributed by atoms with E-state index in [1.807, 2.05) is 6.07 Å². The van der Waals surface area contributed by atoms with E-state index in [0.717, 1.165) is 24.8 Å². The highest BCUT2D eigenvalue weighted by molar-refractivity contribution is 7.89. The van der Waals surface area contributed by atoms with Gasteiger partial charge < -0.3 is 5.73 Å². The van der Waals surface area contributed by atoms with Crippen LogP contribution in [0.25, 0.3) is 0 Å². The first-order valence-corrected chi connectivity index (χ1v) is 8.72. The Kier molecular flexibility index (Phi) is 3.49. The number of nitrogen functional groups attached to an aromatic ring is 1. The number of nitrogens with two attached hydrogens (primary N) is 1. The lowest BCUT2D eigenvalue weighted by Crippen LogP contribution is -2.23. The van der Waals surface area contributed by atoms with Crippen molar-refractivity contribution in [2.24, 2.45) is 0 Å². The molecular weight excluding hydrogens is 294 g/mol. The molecule has 0 atom stereocenters. The van der Waals surface area contributed by atoms with Gasteiger partial charge in [-0.15, -0.1) is 11.3 Å². The molecule has 0 saturated heterocycles. The van der Waals surface area contributed by atoms with Crippen molar-refractivity contribution in [3.05, 3.63) is 40.4 Å². The van der Waals surface area contributed by atoms with Crippen molar-refractivity contribution in [2.45, 2.75) is 30.7 Å². The van der Waals surface area contributed by atoms with Gasteiger partial charge >= 0.3 is 0 Å². The van der Waals surface area contributed by atoms with Gasteiger partial charge in [-0.3, -0.25) is 0 Å². The highest BCUT2D eigenvalue weighted by Crippen LogP contribution is 2.24. The minimum Gasteiger partial charge on any atom is -0.375 e. The number of aryl methyl sites for hydroxylation is 2. The van der Waals surface area contributed by atoms with Gasteiger partial charge in [0.15, 0.2) is 5.13 Å². The van der Waals surface area contributed by atoms with Gasteiger partial charge in [-0.1, -0.05) is 6.07 Å².